The van der Waals surface area contributed by atoms with Gasteiger partial charge in [0.1, 0.15) is 0 Å². The van der Waals surface area contributed by atoms with Crippen LogP contribution in [0.15, 0.2) is 4.99 Å². The molecule has 3 heteroatoms. The Bertz CT molecular complexity index is 146. The fraction of sp³-hybridized carbons (Fsp3) is 0.875. The Kier molecular flexibility index (Phi) is 3.87. The van der Waals surface area contributed by atoms with Gasteiger partial charge in [-0.2, -0.15) is 0 Å². The van der Waals surface area contributed by atoms with Gasteiger partial charge in [-0.3, -0.25) is 0 Å². The van der Waals surface area contributed by atoms with Crippen molar-refractivity contribution in [2.75, 3.05) is 19.6 Å². The second kappa shape index (κ2) is 5.05. The molecule has 1 aliphatic rings. The molecule has 1 aliphatic heterocycles. The zero-order valence-corrected chi connectivity index (χ0v) is 6.68. The number of nitrogens with zero attached hydrogens (tertiary/aromatic N) is 1. The lowest BCUT2D eigenvalue weighted by atomic mass is 9.95. The summed E-state index contributed by atoms with van der Waals surface area (Å²) >= 11 is 0. The van der Waals surface area contributed by atoms with Gasteiger partial charge in [-0.1, -0.05) is 0 Å². The fourth-order valence-electron chi connectivity index (χ4n) is 1.46. The molecular weight excluding hydrogens is 140 g/mol. The topological polar surface area (TPSA) is 41.5 Å². The lowest BCUT2D eigenvalue weighted by molar-refractivity contribution is 0.358. The molecule has 62 valence electrons. The smallest absolute Gasteiger partial charge is 0.234 e. The van der Waals surface area contributed by atoms with Crippen LogP contribution < -0.4 is 5.32 Å². The Morgan fingerprint density at radius 3 is 2.82 bits per heavy atom. The van der Waals surface area contributed by atoms with Gasteiger partial charge in [0, 0.05) is 0 Å². The quantitative estimate of drug-likeness (QED) is 0.480. The van der Waals surface area contributed by atoms with Crippen molar-refractivity contribution in [3.63, 3.8) is 0 Å². The summed E-state index contributed by atoms with van der Waals surface area (Å²) in [6.45, 7) is 2.90. The third-order valence-corrected chi connectivity index (χ3v) is 2.17. The summed E-state index contributed by atoms with van der Waals surface area (Å²) in [7, 11) is 0. The maximum absolute atomic E-state index is 9.74. The lowest BCUT2D eigenvalue weighted by Gasteiger charge is -2.21. The highest BCUT2D eigenvalue weighted by molar-refractivity contribution is 5.32. The van der Waals surface area contributed by atoms with E-state index >= 15 is 0 Å². The van der Waals surface area contributed by atoms with Gasteiger partial charge in [-0.05, 0) is 38.3 Å². The van der Waals surface area contributed by atoms with Crippen LogP contribution in [0.3, 0.4) is 0 Å². The molecular formula is C8H14N2O. The highest BCUT2D eigenvalue weighted by atomic mass is 16.1. The van der Waals surface area contributed by atoms with E-state index in [0.717, 1.165) is 25.4 Å². The summed E-state index contributed by atoms with van der Waals surface area (Å²) < 4.78 is 0. The van der Waals surface area contributed by atoms with Crippen LogP contribution in [-0.4, -0.2) is 25.7 Å². The normalized spacial score (nSPS) is 19.3. The van der Waals surface area contributed by atoms with E-state index in [4.69, 9.17) is 0 Å². The zero-order chi connectivity index (χ0) is 7.94. The van der Waals surface area contributed by atoms with E-state index in [0.29, 0.717) is 6.54 Å². The molecule has 0 radical (unpaired) electrons. The van der Waals surface area contributed by atoms with E-state index in [1.165, 1.54) is 12.8 Å². The van der Waals surface area contributed by atoms with Gasteiger partial charge in [0.2, 0.25) is 6.08 Å². The van der Waals surface area contributed by atoms with Crippen LogP contribution >= 0.6 is 0 Å². The highest BCUT2D eigenvalue weighted by Gasteiger charge is 2.11. The van der Waals surface area contributed by atoms with Gasteiger partial charge < -0.3 is 5.32 Å². The summed E-state index contributed by atoms with van der Waals surface area (Å²) in [6, 6.07) is 0. The molecule has 3 nitrogen and oxygen atoms in total. The van der Waals surface area contributed by atoms with Crippen LogP contribution in [0.25, 0.3) is 0 Å². The summed E-state index contributed by atoms with van der Waals surface area (Å²) in [4.78, 5) is 13.3. The zero-order valence-electron chi connectivity index (χ0n) is 6.68. The Labute approximate surface area is 66.9 Å². The van der Waals surface area contributed by atoms with Crippen molar-refractivity contribution in [3.05, 3.63) is 0 Å². The van der Waals surface area contributed by atoms with Crippen LogP contribution in [0.5, 0.6) is 0 Å². The molecule has 0 aliphatic carbocycles. The first-order valence-corrected chi connectivity index (χ1v) is 4.18. The first-order valence-electron chi connectivity index (χ1n) is 4.18. The van der Waals surface area contributed by atoms with Crippen molar-refractivity contribution in [2.45, 2.75) is 19.3 Å². The largest absolute Gasteiger partial charge is 0.317 e. The molecule has 0 amide bonds. The average molecular weight is 154 g/mol. The molecule has 0 spiro atoms. The standard InChI is InChI=1S/C8H14N2O/c11-7-10-6-3-8-1-4-9-5-2-8/h8-9H,1-6H2. The summed E-state index contributed by atoms with van der Waals surface area (Å²) in [6.07, 6.45) is 5.08. The molecule has 0 bridgehead atoms. The molecule has 1 heterocycles. The number of aliphatic imine (C=N–C) groups is 1. The number of isocyanates is 1. The van der Waals surface area contributed by atoms with Gasteiger partial charge in [-0.15, -0.1) is 0 Å². The third kappa shape index (κ3) is 3.30. The predicted molar refractivity (Wildman–Crippen MR) is 43.2 cm³/mol. The van der Waals surface area contributed by atoms with Crippen molar-refractivity contribution in [2.24, 2.45) is 10.9 Å². The number of hydrogen-bond donors (Lipinski definition) is 1. The van der Waals surface area contributed by atoms with E-state index in [9.17, 15) is 4.79 Å². The van der Waals surface area contributed by atoms with Crippen LogP contribution in [0.2, 0.25) is 0 Å². The molecule has 1 fully saturated rings. The second-order valence-corrected chi connectivity index (χ2v) is 2.96. The molecule has 1 saturated heterocycles. The molecule has 1 N–H and O–H groups in total. The van der Waals surface area contributed by atoms with Gasteiger partial charge in [0.25, 0.3) is 0 Å². The van der Waals surface area contributed by atoms with Crippen LogP contribution in [0, 0.1) is 5.92 Å². The van der Waals surface area contributed by atoms with E-state index in [-0.39, 0.29) is 0 Å². The molecule has 0 aromatic rings. The Hall–Kier alpha value is -0.660. The number of hydrogen-bond acceptors (Lipinski definition) is 3. The van der Waals surface area contributed by atoms with Gasteiger partial charge in [0.05, 0.1) is 6.54 Å². The average Bonchev–Trinajstić information content (AvgIpc) is 2.07. The maximum atomic E-state index is 9.74. The van der Waals surface area contributed by atoms with Gasteiger partial charge in [0.15, 0.2) is 0 Å². The number of carbonyl (C=O) groups excluding carboxylic acids is 1. The number of nitrogens with one attached hydrogen (secondary N) is 1. The number of piperidine rings is 1. The van der Waals surface area contributed by atoms with Crippen LogP contribution in [0.4, 0.5) is 0 Å². The summed E-state index contributed by atoms with van der Waals surface area (Å²) in [5.41, 5.74) is 0. The van der Waals surface area contributed by atoms with E-state index < -0.39 is 0 Å². The summed E-state index contributed by atoms with van der Waals surface area (Å²) in [5, 5.41) is 3.30. The Balaban J connectivity index is 2.09. The second-order valence-electron chi connectivity index (χ2n) is 2.96. The maximum Gasteiger partial charge on any atom is 0.234 e. The van der Waals surface area contributed by atoms with Crippen molar-refractivity contribution in [1.29, 1.82) is 0 Å². The van der Waals surface area contributed by atoms with Gasteiger partial charge in [-0.25, -0.2) is 9.79 Å². The molecule has 0 aromatic heterocycles. The fourth-order valence-corrected chi connectivity index (χ4v) is 1.46. The first kappa shape index (κ1) is 8.44. The Morgan fingerprint density at radius 2 is 2.18 bits per heavy atom. The lowest BCUT2D eigenvalue weighted by Crippen LogP contribution is -2.27. The Morgan fingerprint density at radius 1 is 1.45 bits per heavy atom. The van der Waals surface area contributed by atoms with E-state index in [1.54, 1.807) is 6.08 Å². The van der Waals surface area contributed by atoms with Crippen LogP contribution in [0.1, 0.15) is 19.3 Å². The van der Waals surface area contributed by atoms with Gasteiger partial charge >= 0.3 is 0 Å². The highest BCUT2D eigenvalue weighted by Crippen LogP contribution is 2.15. The number of rotatable bonds is 3. The molecule has 1 rings (SSSR count). The van der Waals surface area contributed by atoms with E-state index in [1.807, 2.05) is 0 Å². The minimum Gasteiger partial charge on any atom is -0.317 e. The van der Waals surface area contributed by atoms with Crippen molar-refractivity contribution >= 4 is 6.08 Å². The van der Waals surface area contributed by atoms with E-state index in [2.05, 4.69) is 10.3 Å². The summed E-state index contributed by atoms with van der Waals surface area (Å²) in [5.74, 6) is 0.772. The predicted octanol–water partition coefficient (Wildman–Crippen LogP) is 0.712. The molecule has 0 unspecified atom stereocenters. The third-order valence-electron chi connectivity index (χ3n) is 2.17. The van der Waals surface area contributed by atoms with Crippen LogP contribution in [-0.2, 0) is 4.79 Å². The minimum atomic E-state index is 0.661. The molecule has 11 heavy (non-hydrogen) atoms. The minimum absolute atomic E-state index is 0.661. The van der Waals surface area contributed by atoms with Crippen molar-refractivity contribution in [3.8, 4) is 0 Å². The SMILES string of the molecule is O=C=NCCC1CCNCC1. The molecule has 0 aromatic carbocycles. The van der Waals surface area contributed by atoms with Crippen molar-refractivity contribution < 1.29 is 4.79 Å². The molecule has 0 saturated carbocycles. The first-order chi connectivity index (χ1) is 5.43. The molecule has 0 atom stereocenters. The monoisotopic (exact) mass is 154 g/mol. The van der Waals surface area contributed by atoms with Crippen molar-refractivity contribution in [1.82, 2.24) is 5.32 Å².